The van der Waals surface area contributed by atoms with E-state index < -0.39 is 10.0 Å². The molecule has 0 aromatic heterocycles. The molecule has 0 bridgehead atoms. The number of nitrogens with zero attached hydrogens (tertiary/aromatic N) is 2. The van der Waals surface area contributed by atoms with Crippen molar-refractivity contribution in [3.63, 3.8) is 0 Å². The topological polar surface area (TPSA) is 86.8 Å². The Kier molecular flexibility index (Phi) is 6.53. The number of fused-ring (bicyclic) bond motifs is 1. The fraction of sp³-hybridized carbons (Fsp3) is 0.417. The molecule has 9 heteroatoms. The van der Waals surface area contributed by atoms with Crippen LogP contribution in [0.15, 0.2) is 41.3 Å². The lowest BCUT2D eigenvalue weighted by Gasteiger charge is -2.30. The first-order chi connectivity index (χ1) is 15.6. The molecule has 2 aromatic rings. The van der Waals surface area contributed by atoms with Crippen LogP contribution in [-0.4, -0.2) is 43.7 Å². The van der Waals surface area contributed by atoms with Crippen LogP contribution in [0.1, 0.15) is 37.8 Å². The van der Waals surface area contributed by atoms with Gasteiger partial charge in [-0.2, -0.15) is 4.31 Å². The van der Waals surface area contributed by atoms with E-state index in [4.69, 9.17) is 11.6 Å². The fourth-order valence-electron chi connectivity index (χ4n) is 4.71. The quantitative estimate of drug-likeness (QED) is 0.703. The molecule has 4 rings (SSSR count). The Hall–Kier alpha value is -2.42. The molecule has 1 saturated heterocycles. The maximum Gasteiger partial charge on any atom is 0.243 e. The summed E-state index contributed by atoms with van der Waals surface area (Å²) in [5.41, 5.74) is 3.21. The third-order valence-corrected chi connectivity index (χ3v) is 8.66. The molecule has 1 atom stereocenters. The summed E-state index contributed by atoms with van der Waals surface area (Å²) in [6, 6.07) is 10.4. The molecule has 2 aliphatic rings. The minimum atomic E-state index is -3.68. The van der Waals surface area contributed by atoms with E-state index in [0.717, 1.165) is 16.8 Å². The highest BCUT2D eigenvalue weighted by atomic mass is 35.5. The van der Waals surface area contributed by atoms with Crippen LogP contribution < -0.4 is 10.2 Å². The molecule has 2 aromatic carbocycles. The van der Waals surface area contributed by atoms with Gasteiger partial charge in [0.2, 0.25) is 21.8 Å². The summed E-state index contributed by atoms with van der Waals surface area (Å²) in [5.74, 6) is -0.475. The van der Waals surface area contributed by atoms with E-state index in [2.05, 4.69) is 5.32 Å². The number of carbonyl (C=O) groups is 2. The Balaban J connectivity index is 1.43. The highest BCUT2D eigenvalue weighted by Crippen LogP contribution is 2.35. The average molecular weight is 490 g/mol. The van der Waals surface area contributed by atoms with Crippen molar-refractivity contribution >= 4 is 44.8 Å². The predicted octanol–water partition coefficient (Wildman–Crippen LogP) is 3.99. The molecule has 2 amide bonds. The van der Waals surface area contributed by atoms with Crippen LogP contribution in [0.5, 0.6) is 0 Å². The number of hydrogen-bond donors (Lipinski definition) is 1. The van der Waals surface area contributed by atoms with Gasteiger partial charge in [0.25, 0.3) is 0 Å². The Morgan fingerprint density at radius 2 is 1.79 bits per heavy atom. The molecule has 2 heterocycles. The Bertz CT molecular complexity index is 1210. The van der Waals surface area contributed by atoms with Crippen LogP contribution in [0.4, 0.5) is 11.4 Å². The standard InChI is InChI=1S/C24H28ClN3O4S/c1-15-4-6-22(21(25)12-15)26-24(30)18-8-10-27(11-9-18)33(31,32)20-5-7-23-19(14-20)13-16(2)28(23)17(3)29/h4-7,12,14,16,18H,8-11,13H2,1-3H3,(H,26,30)/t16-/m1/s1. The smallest absolute Gasteiger partial charge is 0.243 e. The van der Waals surface area contributed by atoms with Crippen LogP contribution in [0, 0.1) is 12.8 Å². The van der Waals surface area contributed by atoms with E-state index in [1.807, 2.05) is 19.9 Å². The van der Waals surface area contributed by atoms with E-state index in [0.29, 0.717) is 30.0 Å². The lowest BCUT2D eigenvalue weighted by Crippen LogP contribution is -2.41. The van der Waals surface area contributed by atoms with E-state index >= 15 is 0 Å². The fourth-order valence-corrected chi connectivity index (χ4v) is 6.51. The molecule has 1 N–H and O–H groups in total. The number of amides is 2. The Labute approximate surface area is 199 Å². The number of anilines is 2. The van der Waals surface area contributed by atoms with Crippen molar-refractivity contribution in [2.45, 2.75) is 51.0 Å². The Morgan fingerprint density at radius 3 is 2.42 bits per heavy atom. The van der Waals surface area contributed by atoms with E-state index in [-0.39, 0.29) is 41.8 Å². The third-order valence-electron chi connectivity index (χ3n) is 6.45. The van der Waals surface area contributed by atoms with Crippen molar-refractivity contribution in [1.82, 2.24) is 4.31 Å². The number of piperidine rings is 1. The van der Waals surface area contributed by atoms with Crippen molar-refractivity contribution in [3.8, 4) is 0 Å². The molecule has 0 unspecified atom stereocenters. The van der Waals surface area contributed by atoms with Gasteiger partial charge in [-0.25, -0.2) is 8.42 Å². The van der Waals surface area contributed by atoms with Crippen molar-refractivity contribution < 1.29 is 18.0 Å². The zero-order valence-corrected chi connectivity index (χ0v) is 20.5. The number of halogens is 1. The number of rotatable bonds is 4. The molecule has 2 aliphatic heterocycles. The molecular formula is C24H28ClN3O4S. The predicted molar refractivity (Wildman–Crippen MR) is 129 cm³/mol. The van der Waals surface area contributed by atoms with Crippen LogP contribution in [-0.2, 0) is 26.0 Å². The maximum absolute atomic E-state index is 13.3. The second-order valence-electron chi connectivity index (χ2n) is 8.88. The van der Waals surface area contributed by atoms with Gasteiger partial charge in [-0.1, -0.05) is 17.7 Å². The third kappa shape index (κ3) is 4.65. The van der Waals surface area contributed by atoms with Crippen molar-refractivity contribution in [3.05, 3.63) is 52.5 Å². The summed E-state index contributed by atoms with van der Waals surface area (Å²) in [4.78, 5) is 26.6. The number of nitrogens with one attached hydrogen (secondary N) is 1. The summed E-state index contributed by atoms with van der Waals surface area (Å²) >= 11 is 6.21. The zero-order valence-electron chi connectivity index (χ0n) is 19.0. The highest BCUT2D eigenvalue weighted by Gasteiger charge is 2.34. The summed E-state index contributed by atoms with van der Waals surface area (Å²) in [7, 11) is -3.68. The first-order valence-corrected chi connectivity index (χ1v) is 12.9. The molecule has 176 valence electrons. The monoisotopic (exact) mass is 489 g/mol. The van der Waals surface area contributed by atoms with Gasteiger partial charge < -0.3 is 10.2 Å². The van der Waals surface area contributed by atoms with Gasteiger partial charge in [0.1, 0.15) is 0 Å². The van der Waals surface area contributed by atoms with Crippen molar-refractivity contribution in [2.75, 3.05) is 23.3 Å². The minimum Gasteiger partial charge on any atom is -0.325 e. The number of carbonyl (C=O) groups excluding carboxylic acids is 2. The lowest BCUT2D eigenvalue weighted by molar-refractivity contribution is -0.121. The van der Waals surface area contributed by atoms with E-state index in [1.165, 1.54) is 11.2 Å². The molecule has 0 aliphatic carbocycles. The van der Waals surface area contributed by atoms with Gasteiger partial charge in [0.15, 0.2) is 0 Å². The van der Waals surface area contributed by atoms with Gasteiger partial charge in [0, 0.05) is 37.7 Å². The summed E-state index contributed by atoms with van der Waals surface area (Å²) in [6.45, 7) is 5.94. The molecule has 0 spiro atoms. The van der Waals surface area contributed by atoms with Crippen molar-refractivity contribution in [2.24, 2.45) is 5.92 Å². The van der Waals surface area contributed by atoms with Gasteiger partial charge in [-0.05, 0) is 74.6 Å². The molecule has 7 nitrogen and oxygen atoms in total. The number of benzene rings is 2. The second-order valence-corrected chi connectivity index (χ2v) is 11.2. The zero-order chi connectivity index (χ0) is 23.9. The van der Waals surface area contributed by atoms with Crippen LogP contribution in [0.2, 0.25) is 5.02 Å². The molecule has 1 fully saturated rings. The SMILES string of the molecule is CC(=O)N1c2ccc(S(=O)(=O)N3CCC(C(=O)Nc4ccc(C)cc4Cl)CC3)cc2C[C@H]1C. The van der Waals surface area contributed by atoms with Crippen molar-refractivity contribution in [1.29, 1.82) is 0 Å². The summed E-state index contributed by atoms with van der Waals surface area (Å²) < 4.78 is 28.0. The van der Waals surface area contributed by atoms with Crippen LogP contribution >= 0.6 is 11.6 Å². The largest absolute Gasteiger partial charge is 0.325 e. The first kappa shape index (κ1) is 23.7. The number of sulfonamides is 1. The van der Waals surface area contributed by atoms with Gasteiger partial charge in [-0.3, -0.25) is 9.59 Å². The van der Waals surface area contributed by atoms with E-state index in [9.17, 15) is 18.0 Å². The first-order valence-electron chi connectivity index (χ1n) is 11.1. The normalized spacial score (nSPS) is 19.4. The number of aryl methyl sites for hydroxylation is 1. The molecule has 0 saturated carbocycles. The van der Waals surface area contributed by atoms with Gasteiger partial charge in [-0.15, -0.1) is 0 Å². The van der Waals surface area contributed by atoms with Gasteiger partial charge >= 0.3 is 0 Å². The van der Waals surface area contributed by atoms with E-state index in [1.54, 1.807) is 35.2 Å². The van der Waals surface area contributed by atoms with Crippen LogP contribution in [0.3, 0.4) is 0 Å². The highest BCUT2D eigenvalue weighted by molar-refractivity contribution is 7.89. The summed E-state index contributed by atoms with van der Waals surface area (Å²) in [6.07, 6.45) is 1.51. The molecule has 0 radical (unpaired) electrons. The van der Waals surface area contributed by atoms with Gasteiger partial charge in [0.05, 0.1) is 15.6 Å². The maximum atomic E-state index is 13.3. The summed E-state index contributed by atoms with van der Waals surface area (Å²) in [5, 5.41) is 3.35. The minimum absolute atomic E-state index is 0.00624. The second kappa shape index (κ2) is 9.08. The van der Waals surface area contributed by atoms with Crippen LogP contribution in [0.25, 0.3) is 0 Å². The molecule has 33 heavy (non-hydrogen) atoms. The molecular weight excluding hydrogens is 462 g/mol. The average Bonchev–Trinajstić information content (AvgIpc) is 3.10. The lowest BCUT2D eigenvalue weighted by atomic mass is 9.97. The Morgan fingerprint density at radius 1 is 1.09 bits per heavy atom. The number of hydrogen-bond acceptors (Lipinski definition) is 4.